The zero-order valence-corrected chi connectivity index (χ0v) is 13.2. The van der Waals surface area contributed by atoms with E-state index >= 15 is 0 Å². The highest BCUT2D eigenvalue weighted by atomic mass is 16.4. The van der Waals surface area contributed by atoms with Crippen LogP contribution in [0.1, 0.15) is 65.2 Å². The molecule has 0 unspecified atom stereocenters. The van der Waals surface area contributed by atoms with Gasteiger partial charge in [-0.3, -0.25) is 4.79 Å². The first-order valence-corrected chi connectivity index (χ1v) is 7.57. The number of likely N-dealkylation sites (tertiary alicyclic amines) is 1. The van der Waals surface area contributed by atoms with Gasteiger partial charge in [-0.25, -0.2) is 4.79 Å². The molecule has 5 nitrogen and oxygen atoms in total. The van der Waals surface area contributed by atoms with Crippen LogP contribution in [-0.4, -0.2) is 40.0 Å². The molecule has 5 heteroatoms. The van der Waals surface area contributed by atoms with Crippen LogP contribution in [0, 0.1) is 19.3 Å². The highest BCUT2D eigenvalue weighted by Gasteiger charge is 2.38. The number of amides is 1. The van der Waals surface area contributed by atoms with Crippen molar-refractivity contribution in [1.82, 2.24) is 9.88 Å². The van der Waals surface area contributed by atoms with Gasteiger partial charge in [0.1, 0.15) is 5.69 Å². The first-order valence-electron chi connectivity index (χ1n) is 7.57. The summed E-state index contributed by atoms with van der Waals surface area (Å²) >= 11 is 0. The molecule has 2 N–H and O–H groups in total. The van der Waals surface area contributed by atoms with E-state index in [1.165, 1.54) is 0 Å². The van der Waals surface area contributed by atoms with E-state index in [1.54, 1.807) is 13.8 Å². The largest absolute Gasteiger partial charge is 0.477 e. The van der Waals surface area contributed by atoms with E-state index < -0.39 is 5.97 Å². The van der Waals surface area contributed by atoms with Gasteiger partial charge >= 0.3 is 5.97 Å². The molecule has 1 aliphatic heterocycles. The molecule has 116 valence electrons. The predicted octanol–water partition coefficient (Wildman–Crippen LogP) is 2.98. The Morgan fingerprint density at radius 3 is 2.33 bits per heavy atom. The molecule has 1 aromatic heterocycles. The summed E-state index contributed by atoms with van der Waals surface area (Å²) in [6, 6.07) is 0. The second-order valence-electron chi connectivity index (χ2n) is 6.11. The van der Waals surface area contributed by atoms with E-state index in [1.807, 2.05) is 4.90 Å². The number of nitrogens with zero attached hydrogens (tertiary/aromatic N) is 1. The molecular weight excluding hydrogens is 268 g/mol. The van der Waals surface area contributed by atoms with Crippen LogP contribution >= 0.6 is 0 Å². The number of carbonyl (C=O) groups excluding carboxylic acids is 1. The number of carbonyl (C=O) groups is 2. The van der Waals surface area contributed by atoms with Gasteiger partial charge in [0.25, 0.3) is 5.91 Å². The van der Waals surface area contributed by atoms with Gasteiger partial charge in [-0.1, -0.05) is 13.8 Å². The second kappa shape index (κ2) is 5.54. The van der Waals surface area contributed by atoms with Crippen molar-refractivity contribution in [2.24, 2.45) is 5.41 Å². The summed E-state index contributed by atoms with van der Waals surface area (Å²) in [5.74, 6) is -1.06. The number of H-pyrrole nitrogens is 1. The number of carboxylic acids is 1. The normalized spacial score (nSPS) is 17.2. The van der Waals surface area contributed by atoms with Crippen molar-refractivity contribution in [2.75, 3.05) is 13.1 Å². The number of aryl methyl sites for hydroxylation is 1. The van der Waals surface area contributed by atoms with Gasteiger partial charge in [-0.05, 0) is 44.1 Å². The van der Waals surface area contributed by atoms with Crippen molar-refractivity contribution in [1.29, 1.82) is 0 Å². The van der Waals surface area contributed by atoms with E-state index in [0.29, 0.717) is 16.8 Å². The quantitative estimate of drug-likeness (QED) is 0.896. The maximum Gasteiger partial charge on any atom is 0.352 e. The average Bonchev–Trinajstić information content (AvgIpc) is 3.01. The Hall–Kier alpha value is -1.78. The molecule has 1 aromatic rings. The summed E-state index contributed by atoms with van der Waals surface area (Å²) in [6.07, 6.45) is 3.16. The molecular formula is C16H24N2O3. The summed E-state index contributed by atoms with van der Waals surface area (Å²) in [6.45, 7) is 9.33. The average molecular weight is 292 g/mol. The Balaban J connectivity index is 2.28. The van der Waals surface area contributed by atoms with Gasteiger partial charge in [0.05, 0.1) is 5.56 Å². The third kappa shape index (κ3) is 2.57. The number of aromatic nitrogens is 1. The topological polar surface area (TPSA) is 73.4 Å². The zero-order chi connectivity index (χ0) is 15.8. The highest BCUT2D eigenvalue weighted by molar-refractivity contribution is 6.01. The summed E-state index contributed by atoms with van der Waals surface area (Å²) < 4.78 is 0. The highest BCUT2D eigenvalue weighted by Crippen LogP contribution is 2.38. The lowest BCUT2D eigenvalue weighted by molar-refractivity contribution is 0.0690. The lowest BCUT2D eigenvalue weighted by atomic mass is 9.82. The minimum atomic E-state index is -1.02. The number of rotatable bonds is 4. The molecule has 0 saturated carbocycles. The Labute approximate surface area is 125 Å². The zero-order valence-electron chi connectivity index (χ0n) is 13.2. The van der Waals surface area contributed by atoms with Crippen LogP contribution in [0.15, 0.2) is 0 Å². The maximum atomic E-state index is 12.8. The van der Waals surface area contributed by atoms with E-state index in [-0.39, 0.29) is 17.0 Å². The van der Waals surface area contributed by atoms with Gasteiger partial charge in [0, 0.05) is 18.8 Å². The van der Waals surface area contributed by atoms with E-state index in [2.05, 4.69) is 18.8 Å². The molecule has 0 aromatic carbocycles. The summed E-state index contributed by atoms with van der Waals surface area (Å²) in [7, 11) is 0. The second-order valence-corrected chi connectivity index (χ2v) is 6.11. The molecule has 21 heavy (non-hydrogen) atoms. The number of aromatic carboxylic acids is 1. The molecule has 0 radical (unpaired) electrons. The van der Waals surface area contributed by atoms with Crippen molar-refractivity contribution in [3.8, 4) is 0 Å². The van der Waals surface area contributed by atoms with Crippen LogP contribution in [0.25, 0.3) is 0 Å². The smallest absolute Gasteiger partial charge is 0.352 e. The molecule has 0 bridgehead atoms. The molecule has 1 aliphatic rings. The van der Waals surface area contributed by atoms with Gasteiger partial charge in [0.2, 0.25) is 0 Å². The van der Waals surface area contributed by atoms with E-state index in [0.717, 1.165) is 32.4 Å². The molecule has 2 heterocycles. The predicted molar refractivity (Wildman–Crippen MR) is 80.8 cm³/mol. The van der Waals surface area contributed by atoms with Crippen molar-refractivity contribution >= 4 is 11.9 Å². The first-order chi connectivity index (χ1) is 9.85. The molecule has 0 aliphatic carbocycles. The summed E-state index contributed by atoms with van der Waals surface area (Å²) in [5.41, 5.74) is 2.04. The first kappa shape index (κ1) is 15.6. The third-order valence-corrected chi connectivity index (χ3v) is 5.09. The minimum absolute atomic E-state index is 0.0440. The van der Waals surface area contributed by atoms with Gasteiger partial charge < -0.3 is 15.0 Å². The monoisotopic (exact) mass is 292 g/mol. The van der Waals surface area contributed by atoms with Crippen molar-refractivity contribution in [3.63, 3.8) is 0 Å². The standard InChI is InChI=1S/C16H24N2O3/c1-5-16(6-2)7-8-18(9-16)14(19)12-10(3)13(15(20)21)17-11(12)4/h17H,5-9H2,1-4H3,(H,20,21). The number of hydrogen-bond donors (Lipinski definition) is 2. The Morgan fingerprint density at radius 1 is 1.29 bits per heavy atom. The van der Waals surface area contributed by atoms with Crippen LogP contribution < -0.4 is 0 Å². The van der Waals surface area contributed by atoms with Gasteiger partial charge in [-0.2, -0.15) is 0 Å². The van der Waals surface area contributed by atoms with Crippen molar-refractivity contribution in [3.05, 3.63) is 22.5 Å². The van der Waals surface area contributed by atoms with E-state index in [4.69, 9.17) is 5.11 Å². The Kier molecular flexibility index (Phi) is 4.12. The number of carboxylic acid groups (broad SMARTS) is 1. The third-order valence-electron chi connectivity index (χ3n) is 5.09. The van der Waals surface area contributed by atoms with E-state index in [9.17, 15) is 9.59 Å². The van der Waals surface area contributed by atoms with Crippen LogP contribution in [0.5, 0.6) is 0 Å². The van der Waals surface area contributed by atoms with Gasteiger partial charge in [0.15, 0.2) is 0 Å². The molecule has 1 fully saturated rings. The van der Waals surface area contributed by atoms with Crippen LogP contribution in [0.3, 0.4) is 0 Å². The lowest BCUT2D eigenvalue weighted by Crippen LogP contribution is -2.32. The fraction of sp³-hybridized carbons (Fsp3) is 0.625. The molecule has 0 atom stereocenters. The fourth-order valence-electron chi connectivity index (χ4n) is 3.38. The molecule has 1 saturated heterocycles. The van der Waals surface area contributed by atoms with Gasteiger partial charge in [-0.15, -0.1) is 0 Å². The Morgan fingerprint density at radius 2 is 1.90 bits per heavy atom. The lowest BCUT2D eigenvalue weighted by Gasteiger charge is -2.26. The summed E-state index contributed by atoms with van der Waals surface area (Å²) in [5, 5.41) is 9.15. The van der Waals surface area contributed by atoms with Crippen molar-refractivity contribution < 1.29 is 14.7 Å². The molecule has 0 spiro atoms. The van der Waals surface area contributed by atoms with Crippen molar-refractivity contribution in [2.45, 2.75) is 47.0 Å². The number of nitrogens with one attached hydrogen (secondary N) is 1. The number of aromatic amines is 1. The fourth-order valence-corrected chi connectivity index (χ4v) is 3.38. The maximum absolute atomic E-state index is 12.8. The number of hydrogen-bond acceptors (Lipinski definition) is 2. The minimum Gasteiger partial charge on any atom is -0.477 e. The molecule has 1 amide bonds. The summed E-state index contributed by atoms with van der Waals surface area (Å²) in [4.78, 5) is 28.6. The SMILES string of the molecule is CCC1(CC)CCN(C(=O)c2c(C)[nH]c(C(=O)O)c2C)C1. The Bertz CT molecular complexity index is 570. The van der Waals surface area contributed by atoms with Crippen LogP contribution in [-0.2, 0) is 0 Å². The van der Waals surface area contributed by atoms with Crippen LogP contribution in [0.4, 0.5) is 0 Å². The molecule has 2 rings (SSSR count). The van der Waals surface area contributed by atoms with Crippen LogP contribution in [0.2, 0.25) is 0 Å².